The Labute approximate surface area is 271 Å². The summed E-state index contributed by atoms with van der Waals surface area (Å²) >= 11 is 0. The molecule has 1 aliphatic carbocycles. The zero-order valence-electron chi connectivity index (χ0n) is 27.7. The first-order valence-electron chi connectivity index (χ1n) is 16.2. The number of hydrogen-bond donors (Lipinski definition) is 3. The van der Waals surface area contributed by atoms with Gasteiger partial charge in [0.2, 0.25) is 5.91 Å². The van der Waals surface area contributed by atoms with Crippen LogP contribution in [-0.4, -0.2) is 35.4 Å². The molecule has 0 spiro atoms. The normalized spacial score (nSPS) is 21.8. The molecule has 0 saturated carbocycles. The number of ketones is 1. The molecule has 1 fully saturated rings. The van der Waals surface area contributed by atoms with Crippen molar-refractivity contribution in [1.82, 2.24) is 10.6 Å². The van der Waals surface area contributed by atoms with E-state index in [-0.39, 0.29) is 46.5 Å². The molecular weight excluding hydrogens is 579 g/mol. The van der Waals surface area contributed by atoms with Crippen LogP contribution in [0.15, 0.2) is 84.1 Å². The van der Waals surface area contributed by atoms with E-state index >= 15 is 4.39 Å². The quantitative estimate of drug-likeness (QED) is 0.261. The van der Waals surface area contributed by atoms with Gasteiger partial charge in [-0.2, -0.15) is 0 Å². The van der Waals surface area contributed by atoms with Gasteiger partial charge in [0.25, 0.3) is 0 Å². The first-order valence-corrected chi connectivity index (χ1v) is 16.2. The van der Waals surface area contributed by atoms with Crippen molar-refractivity contribution in [3.05, 3.63) is 95.4 Å². The summed E-state index contributed by atoms with van der Waals surface area (Å²) in [5.74, 6) is -0.0626. The van der Waals surface area contributed by atoms with Gasteiger partial charge in [0.1, 0.15) is 5.75 Å². The van der Waals surface area contributed by atoms with Crippen molar-refractivity contribution in [1.29, 1.82) is 0 Å². The number of benzene rings is 3. The zero-order chi connectivity index (χ0) is 32.9. The highest BCUT2D eigenvalue weighted by atomic mass is 19.1. The highest BCUT2D eigenvalue weighted by molar-refractivity contribution is 6.02. The topological polar surface area (TPSA) is 82.7 Å². The van der Waals surface area contributed by atoms with Crippen LogP contribution in [-0.2, 0) is 9.59 Å². The van der Waals surface area contributed by atoms with Crippen LogP contribution >= 0.6 is 0 Å². The van der Waals surface area contributed by atoms with Gasteiger partial charge in [-0.15, -0.1) is 0 Å². The van der Waals surface area contributed by atoms with Gasteiger partial charge in [0.05, 0.1) is 24.0 Å². The Bertz CT molecular complexity index is 1660. The molecule has 3 N–H and O–H groups in total. The zero-order valence-corrected chi connectivity index (χ0v) is 27.7. The van der Waals surface area contributed by atoms with Gasteiger partial charge in [0.15, 0.2) is 17.3 Å². The number of rotatable bonds is 6. The van der Waals surface area contributed by atoms with E-state index in [0.717, 1.165) is 29.9 Å². The van der Waals surface area contributed by atoms with Crippen molar-refractivity contribution in [3.63, 3.8) is 0 Å². The van der Waals surface area contributed by atoms with E-state index in [9.17, 15) is 9.59 Å². The predicted molar refractivity (Wildman–Crippen MR) is 181 cm³/mol. The van der Waals surface area contributed by atoms with E-state index in [2.05, 4.69) is 57.5 Å². The summed E-state index contributed by atoms with van der Waals surface area (Å²) in [5.41, 5.74) is 3.21. The van der Waals surface area contributed by atoms with E-state index in [0.29, 0.717) is 29.7 Å². The summed E-state index contributed by atoms with van der Waals surface area (Å²) in [7, 11) is 0. The molecule has 1 unspecified atom stereocenters. The number of ether oxygens (including phenoxy) is 1. The first-order chi connectivity index (χ1) is 21.7. The molecule has 3 aromatic carbocycles. The van der Waals surface area contributed by atoms with Crippen molar-refractivity contribution in [2.45, 2.75) is 90.4 Å². The minimum Gasteiger partial charge on any atom is -0.454 e. The Morgan fingerprint density at radius 3 is 2.33 bits per heavy atom. The molecule has 242 valence electrons. The van der Waals surface area contributed by atoms with Crippen molar-refractivity contribution >= 4 is 23.1 Å². The number of fused-ring (bicyclic) bond motifs is 1. The third-order valence-corrected chi connectivity index (χ3v) is 9.12. The molecule has 46 heavy (non-hydrogen) atoms. The summed E-state index contributed by atoms with van der Waals surface area (Å²) in [5, 5.41) is 10.6. The molecule has 2 heterocycles. The molecule has 0 radical (unpaired) electrons. The standard InChI is InChI=1S/C38H45FN4O3/c1-36(2)21-29-34(31(44)22-36)35(24-16-17-27(39)32(18-24)46-26-12-8-7-9-13-26)43(30-15-11-10-14-28(30)41-29)23-33(45)40-25-19-37(3,4)42-38(5,6)20-25/h7-18,25,35,41-42H,19-23H2,1-6H3,(H,40,45). The second kappa shape index (κ2) is 11.9. The average molecular weight is 625 g/mol. The van der Waals surface area contributed by atoms with Crippen molar-refractivity contribution < 1.29 is 18.7 Å². The van der Waals surface area contributed by atoms with Gasteiger partial charge in [-0.3, -0.25) is 9.59 Å². The van der Waals surface area contributed by atoms with Crippen LogP contribution in [0.25, 0.3) is 0 Å². The van der Waals surface area contributed by atoms with Crippen molar-refractivity contribution in [3.8, 4) is 11.5 Å². The second-order valence-corrected chi connectivity index (χ2v) is 15.2. The van der Waals surface area contributed by atoms with E-state index in [1.807, 2.05) is 47.4 Å². The summed E-state index contributed by atoms with van der Waals surface area (Å²) in [6.07, 6.45) is 2.62. The summed E-state index contributed by atoms with van der Waals surface area (Å²) < 4.78 is 21.2. The molecule has 0 aromatic heterocycles. The van der Waals surface area contributed by atoms with Crippen molar-refractivity contribution in [2.24, 2.45) is 5.41 Å². The molecule has 7 nitrogen and oxygen atoms in total. The lowest BCUT2D eigenvalue weighted by atomic mass is 9.73. The molecule has 3 aliphatic rings. The fourth-order valence-corrected chi connectivity index (χ4v) is 7.81. The monoisotopic (exact) mass is 624 g/mol. The van der Waals surface area contributed by atoms with Crippen LogP contribution in [0.3, 0.4) is 0 Å². The van der Waals surface area contributed by atoms with Crippen molar-refractivity contribution in [2.75, 3.05) is 16.8 Å². The lowest BCUT2D eigenvalue weighted by molar-refractivity contribution is -0.121. The second-order valence-electron chi connectivity index (χ2n) is 15.2. The highest BCUT2D eigenvalue weighted by Crippen LogP contribution is 2.48. The Morgan fingerprint density at radius 2 is 1.61 bits per heavy atom. The number of carbonyl (C=O) groups excluding carboxylic acids is 2. The minimum atomic E-state index is -0.653. The molecule has 0 bridgehead atoms. The van der Waals surface area contributed by atoms with Crippen LogP contribution in [0.1, 0.15) is 78.8 Å². The van der Waals surface area contributed by atoms with Gasteiger partial charge < -0.3 is 25.6 Å². The molecule has 3 aromatic rings. The van der Waals surface area contributed by atoms with Gasteiger partial charge >= 0.3 is 0 Å². The Hall–Kier alpha value is -4.17. The predicted octanol–water partition coefficient (Wildman–Crippen LogP) is 7.66. The Balaban J connectivity index is 1.44. The van der Waals surface area contributed by atoms with E-state index < -0.39 is 11.9 Å². The number of anilines is 2. The first kappa shape index (κ1) is 31.8. The third-order valence-electron chi connectivity index (χ3n) is 9.12. The number of halogens is 1. The van der Waals surface area contributed by atoms with E-state index in [1.165, 1.54) is 6.07 Å². The Kier molecular flexibility index (Phi) is 8.21. The highest BCUT2D eigenvalue weighted by Gasteiger charge is 2.43. The summed E-state index contributed by atoms with van der Waals surface area (Å²) in [6, 6.07) is 21.0. The summed E-state index contributed by atoms with van der Waals surface area (Å²) in [6.45, 7) is 12.8. The van der Waals surface area contributed by atoms with Crippen LogP contribution in [0.4, 0.5) is 15.8 Å². The molecular formula is C38H45FN4O3. The smallest absolute Gasteiger partial charge is 0.239 e. The maximum Gasteiger partial charge on any atom is 0.239 e. The number of carbonyl (C=O) groups is 2. The number of para-hydroxylation sites is 3. The van der Waals surface area contributed by atoms with Crippen LogP contribution in [0.2, 0.25) is 0 Å². The van der Waals surface area contributed by atoms with Gasteiger partial charge in [-0.1, -0.05) is 50.2 Å². The fraction of sp³-hybridized carbons (Fsp3) is 0.421. The molecule has 6 rings (SSSR count). The molecule has 8 heteroatoms. The number of amides is 1. The number of Topliss-reactive ketones (excluding diaryl/α,β-unsaturated/α-hetero) is 1. The number of hydrogen-bond acceptors (Lipinski definition) is 6. The maximum atomic E-state index is 15.2. The molecule has 2 aliphatic heterocycles. The van der Waals surface area contributed by atoms with E-state index in [1.54, 1.807) is 24.3 Å². The number of allylic oxidation sites excluding steroid dienone is 1. The molecule has 1 atom stereocenters. The van der Waals surface area contributed by atoms with Gasteiger partial charge in [0, 0.05) is 34.8 Å². The Morgan fingerprint density at radius 1 is 0.935 bits per heavy atom. The summed E-state index contributed by atoms with van der Waals surface area (Å²) in [4.78, 5) is 30.1. The lowest BCUT2D eigenvalue weighted by Crippen LogP contribution is -2.62. The van der Waals surface area contributed by atoms with Crippen LogP contribution in [0.5, 0.6) is 11.5 Å². The lowest BCUT2D eigenvalue weighted by Gasteiger charge is -2.46. The molecule has 1 amide bonds. The largest absolute Gasteiger partial charge is 0.454 e. The third kappa shape index (κ3) is 6.82. The van der Waals surface area contributed by atoms with Crippen LogP contribution in [0, 0.1) is 11.2 Å². The average Bonchev–Trinajstić information content (AvgIpc) is 3.07. The maximum absolute atomic E-state index is 15.2. The molecule has 1 saturated heterocycles. The number of nitrogens with zero attached hydrogens (tertiary/aromatic N) is 1. The SMILES string of the molecule is CC1(C)CC(=O)C2=C(C1)Nc1ccccc1N(CC(=O)NC1CC(C)(C)NC(C)(C)C1)C2c1ccc(F)c(Oc2ccccc2)c1. The van der Waals surface area contributed by atoms with Gasteiger partial charge in [-0.05, 0) is 94.3 Å². The number of nitrogens with one attached hydrogen (secondary N) is 3. The fourth-order valence-electron chi connectivity index (χ4n) is 7.81. The van der Waals surface area contributed by atoms with E-state index in [4.69, 9.17) is 4.74 Å². The number of piperidine rings is 1. The van der Waals surface area contributed by atoms with Crippen LogP contribution < -0.4 is 25.6 Å². The van der Waals surface area contributed by atoms with Gasteiger partial charge in [-0.25, -0.2) is 4.39 Å². The minimum absolute atomic E-state index is 0.00779.